The van der Waals surface area contributed by atoms with E-state index < -0.39 is 0 Å². The van der Waals surface area contributed by atoms with Crippen molar-refractivity contribution in [2.75, 3.05) is 13.1 Å². The van der Waals surface area contributed by atoms with Crippen molar-refractivity contribution in [1.29, 1.82) is 0 Å². The van der Waals surface area contributed by atoms with Gasteiger partial charge in [-0.1, -0.05) is 6.08 Å². The molecule has 2 aromatic rings. The van der Waals surface area contributed by atoms with E-state index in [-0.39, 0.29) is 0 Å². The van der Waals surface area contributed by atoms with Gasteiger partial charge in [0.05, 0.1) is 5.01 Å². The lowest BCUT2D eigenvalue weighted by atomic mass is 10.4. The summed E-state index contributed by atoms with van der Waals surface area (Å²) in [6, 6.07) is 0. The van der Waals surface area contributed by atoms with Crippen molar-refractivity contribution < 1.29 is 0 Å². The average Bonchev–Trinajstić information content (AvgIpc) is 3.09. The first-order chi connectivity index (χ1) is 11.1. The Hall–Kier alpha value is -2.22. The molecule has 0 bridgehead atoms. The zero-order chi connectivity index (χ0) is 16.7. The molecule has 0 radical (unpaired) electrons. The SMILES string of the molecule is C=CCNC(=NCc1nnc(C)n1C)NCCc1ncc(C)s1. The number of nitrogens with one attached hydrogen (secondary N) is 2. The minimum Gasteiger partial charge on any atom is -0.356 e. The van der Waals surface area contributed by atoms with Gasteiger partial charge >= 0.3 is 0 Å². The second kappa shape index (κ2) is 8.42. The second-order valence-corrected chi connectivity index (χ2v) is 6.42. The Bertz CT molecular complexity index is 671. The molecule has 7 nitrogen and oxygen atoms in total. The molecular formula is C15H23N7S. The maximum Gasteiger partial charge on any atom is 0.191 e. The van der Waals surface area contributed by atoms with Gasteiger partial charge in [0, 0.05) is 37.6 Å². The molecule has 8 heteroatoms. The smallest absolute Gasteiger partial charge is 0.191 e. The summed E-state index contributed by atoms with van der Waals surface area (Å²) in [5.74, 6) is 2.44. The van der Waals surface area contributed by atoms with E-state index in [0.717, 1.165) is 35.6 Å². The Morgan fingerprint density at radius 2 is 2.22 bits per heavy atom. The second-order valence-electron chi connectivity index (χ2n) is 5.10. The number of thiazole rings is 1. The van der Waals surface area contributed by atoms with Crippen LogP contribution in [-0.2, 0) is 20.0 Å². The number of nitrogens with zero attached hydrogens (tertiary/aromatic N) is 5. The fraction of sp³-hybridized carbons (Fsp3) is 0.467. The van der Waals surface area contributed by atoms with Crippen LogP contribution in [0.2, 0.25) is 0 Å². The standard InChI is InChI=1S/C15H23N7S/c1-5-7-16-15(17-8-6-14-18-9-11(2)23-14)19-10-13-21-20-12(3)22(13)4/h5,9H,1,6-8,10H2,2-4H3,(H2,16,17,19). The monoisotopic (exact) mass is 333 g/mol. The van der Waals surface area contributed by atoms with Crippen molar-refractivity contribution in [3.05, 3.63) is 40.4 Å². The normalized spacial score (nSPS) is 11.5. The Labute approximate surface area is 140 Å². The molecule has 0 amide bonds. The molecule has 0 aliphatic carbocycles. The predicted octanol–water partition coefficient (Wildman–Crippen LogP) is 1.35. The molecule has 0 aromatic carbocycles. The third-order valence-corrected chi connectivity index (χ3v) is 4.25. The maximum absolute atomic E-state index is 4.55. The lowest BCUT2D eigenvalue weighted by Crippen LogP contribution is -2.38. The van der Waals surface area contributed by atoms with Gasteiger partial charge in [0.15, 0.2) is 11.8 Å². The van der Waals surface area contributed by atoms with Gasteiger partial charge in [-0.2, -0.15) is 0 Å². The first-order valence-electron chi connectivity index (χ1n) is 7.49. The van der Waals surface area contributed by atoms with E-state index in [9.17, 15) is 0 Å². The van der Waals surface area contributed by atoms with Gasteiger partial charge in [-0.05, 0) is 13.8 Å². The number of aromatic nitrogens is 4. The van der Waals surface area contributed by atoms with Crippen LogP contribution in [0.4, 0.5) is 0 Å². The van der Waals surface area contributed by atoms with Gasteiger partial charge in [0.1, 0.15) is 12.4 Å². The third kappa shape index (κ3) is 5.17. The molecule has 0 spiro atoms. The Morgan fingerprint density at radius 1 is 1.39 bits per heavy atom. The fourth-order valence-corrected chi connectivity index (χ4v) is 2.67. The summed E-state index contributed by atoms with van der Waals surface area (Å²) >= 11 is 1.72. The van der Waals surface area contributed by atoms with Crippen LogP contribution in [-0.4, -0.2) is 38.8 Å². The van der Waals surface area contributed by atoms with Crippen molar-refractivity contribution in [1.82, 2.24) is 30.4 Å². The average molecular weight is 333 g/mol. The Kier molecular flexibility index (Phi) is 6.28. The van der Waals surface area contributed by atoms with Crippen LogP contribution >= 0.6 is 11.3 Å². The molecule has 0 saturated heterocycles. The third-order valence-electron chi connectivity index (χ3n) is 3.28. The number of aryl methyl sites for hydroxylation is 2. The molecule has 2 aromatic heterocycles. The first kappa shape index (κ1) is 17.1. The molecule has 2 heterocycles. The van der Waals surface area contributed by atoms with Crippen LogP contribution in [0.15, 0.2) is 23.8 Å². The molecule has 23 heavy (non-hydrogen) atoms. The quantitative estimate of drug-likeness (QED) is 0.454. The summed E-state index contributed by atoms with van der Waals surface area (Å²) in [4.78, 5) is 10.1. The predicted molar refractivity (Wildman–Crippen MR) is 93.6 cm³/mol. The highest BCUT2D eigenvalue weighted by Gasteiger charge is 2.05. The van der Waals surface area contributed by atoms with Crippen molar-refractivity contribution in [3.8, 4) is 0 Å². The molecule has 0 fully saturated rings. The number of hydrogen-bond donors (Lipinski definition) is 2. The summed E-state index contributed by atoms with van der Waals surface area (Å²) in [5.41, 5.74) is 0. The van der Waals surface area contributed by atoms with Crippen LogP contribution < -0.4 is 10.6 Å². The van der Waals surface area contributed by atoms with E-state index in [1.54, 1.807) is 17.4 Å². The van der Waals surface area contributed by atoms with Gasteiger partial charge in [-0.25, -0.2) is 9.98 Å². The lowest BCUT2D eigenvalue weighted by Gasteiger charge is -2.10. The number of guanidine groups is 1. The molecule has 0 unspecified atom stereocenters. The van der Waals surface area contributed by atoms with Gasteiger partial charge in [0.2, 0.25) is 0 Å². The van der Waals surface area contributed by atoms with Crippen LogP contribution in [0.5, 0.6) is 0 Å². The fourth-order valence-electron chi connectivity index (χ4n) is 1.89. The molecule has 2 rings (SSSR count). The lowest BCUT2D eigenvalue weighted by molar-refractivity contribution is 0.756. The van der Waals surface area contributed by atoms with Crippen LogP contribution in [0, 0.1) is 13.8 Å². The minimum absolute atomic E-state index is 0.472. The largest absolute Gasteiger partial charge is 0.356 e. The highest BCUT2D eigenvalue weighted by molar-refractivity contribution is 7.11. The van der Waals surface area contributed by atoms with Gasteiger partial charge in [0.25, 0.3) is 0 Å². The number of rotatable bonds is 7. The van der Waals surface area contributed by atoms with E-state index in [1.165, 1.54) is 4.88 Å². The van der Waals surface area contributed by atoms with E-state index in [1.807, 2.05) is 24.7 Å². The molecular weight excluding hydrogens is 310 g/mol. The minimum atomic E-state index is 0.472. The Balaban J connectivity index is 1.91. The number of hydrogen-bond acceptors (Lipinski definition) is 5. The summed E-state index contributed by atoms with van der Waals surface area (Å²) < 4.78 is 1.94. The molecule has 0 atom stereocenters. The van der Waals surface area contributed by atoms with E-state index in [4.69, 9.17) is 0 Å². The first-order valence-corrected chi connectivity index (χ1v) is 8.31. The zero-order valence-corrected chi connectivity index (χ0v) is 14.7. The molecule has 2 N–H and O–H groups in total. The maximum atomic E-state index is 4.55. The van der Waals surface area contributed by atoms with Crippen LogP contribution in [0.3, 0.4) is 0 Å². The topological polar surface area (TPSA) is 80.0 Å². The van der Waals surface area contributed by atoms with Crippen molar-refractivity contribution in [2.45, 2.75) is 26.8 Å². The molecule has 0 saturated carbocycles. The molecule has 0 aliphatic heterocycles. The Morgan fingerprint density at radius 3 is 2.83 bits per heavy atom. The zero-order valence-electron chi connectivity index (χ0n) is 13.8. The van der Waals surface area contributed by atoms with Gasteiger partial charge in [-0.15, -0.1) is 28.1 Å². The van der Waals surface area contributed by atoms with Crippen LogP contribution in [0.25, 0.3) is 0 Å². The summed E-state index contributed by atoms with van der Waals surface area (Å²) in [6.07, 6.45) is 4.57. The van der Waals surface area contributed by atoms with Crippen LogP contribution in [0.1, 0.15) is 21.5 Å². The number of aliphatic imine (C=N–C) groups is 1. The highest BCUT2D eigenvalue weighted by Crippen LogP contribution is 2.10. The summed E-state index contributed by atoms with van der Waals surface area (Å²) in [6.45, 7) is 9.60. The summed E-state index contributed by atoms with van der Waals surface area (Å²) in [5, 5.41) is 15.8. The highest BCUT2D eigenvalue weighted by atomic mass is 32.1. The van der Waals surface area contributed by atoms with E-state index >= 15 is 0 Å². The van der Waals surface area contributed by atoms with Crippen molar-refractivity contribution >= 4 is 17.3 Å². The van der Waals surface area contributed by atoms with E-state index in [2.05, 4.69) is 44.3 Å². The van der Waals surface area contributed by atoms with E-state index in [0.29, 0.717) is 13.1 Å². The van der Waals surface area contributed by atoms with Gasteiger partial charge < -0.3 is 15.2 Å². The molecule has 124 valence electrons. The van der Waals surface area contributed by atoms with Gasteiger partial charge in [-0.3, -0.25) is 0 Å². The summed E-state index contributed by atoms with van der Waals surface area (Å²) in [7, 11) is 1.94. The van der Waals surface area contributed by atoms with Crippen molar-refractivity contribution in [2.24, 2.45) is 12.0 Å². The molecule has 0 aliphatic rings. The van der Waals surface area contributed by atoms with Crippen molar-refractivity contribution in [3.63, 3.8) is 0 Å².